The van der Waals surface area contributed by atoms with Crippen LogP contribution in [-0.2, 0) is 12.0 Å². The molecule has 21 heavy (non-hydrogen) atoms. The summed E-state index contributed by atoms with van der Waals surface area (Å²) in [6, 6.07) is 5.19. The Morgan fingerprint density at radius 2 is 2.10 bits per heavy atom. The number of aryl methyl sites for hydroxylation is 1. The molecular weight excluding hydrogens is 265 g/mol. The first-order valence-corrected chi connectivity index (χ1v) is 7.96. The van der Waals surface area contributed by atoms with E-state index >= 15 is 0 Å². The lowest BCUT2D eigenvalue weighted by Gasteiger charge is -2.38. The Morgan fingerprint density at radius 3 is 2.71 bits per heavy atom. The largest absolute Gasteiger partial charge is 0.329 e. The quantitative estimate of drug-likeness (QED) is 0.938. The first-order valence-electron chi connectivity index (χ1n) is 7.96. The van der Waals surface area contributed by atoms with Crippen molar-refractivity contribution in [3.63, 3.8) is 0 Å². The first kappa shape index (κ1) is 14.5. The van der Waals surface area contributed by atoms with Crippen molar-refractivity contribution in [2.24, 2.45) is 11.7 Å². The van der Waals surface area contributed by atoms with Gasteiger partial charge in [0.2, 0.25) is 0 Å². The van der Waals surface area contributed by atoms with E-state index < -0.39 is 0 Å². The van der Waals surface area contributed by atoms with Crippen LogP contribution in [0.3, 0.4) is 0 Å². The second kappa shape index (κ2) is 5.41. The summed E-state index contributed by atoms with van der Waals surface area (Å²) in [5.41, 5.74) is 7.44. The van der Waals surface area contributed by atoms with Gasteiger partial charge in [0.15, 0.2) is 5.82 Å². The third-order valence-corrected chi connectivity index (χ3v) is 5.14. The number of rotatable bonds is 3. The average Bonchev–Trinajstić information content (AvgIpc) is 2.89. The molecule has 0 aliphatic heterocycles. The molecule has 1 aromatic carbocycles. The maximum atomic E-state index is 14.1. The van der Waals surface area contributed by atoms with E-state index in [4.69, 9.17) is 5.73 Å². The van der Waals surface area contributed by atoms with Crippen molar-refractivity contribution in [3.05, 3.63) is 29.8 Å². The maximum Gasteiger partial charge on any atom is 0.151 e. The van der Waals surface area contributed by atoms with Gasteiger partial charge < -0.3 is 10.3 Å². The Hall–Kier alpha value is -1.42. The smallest absolute Gasteiger partial charge is 0.151 e. The van der Waals surface area contributed by atoms with E-state index in [1.54, 1.807) is 6.07 Å². The van der Waals surface area contributed by atoms with Crippen molar-refractivity contribution in [2.75, 3.05) is 6.54 Å². The fourth-order valence-electron chi connectivity index (χ4n) is 3.67. The summed E-state index contributed by atoms with van der Waals surface area (Å²) in [5, 5.41) is 0. The molecule has 2 aromatic rings. The monoisotopic (exact) mass is 289 g/mol. The van der Waals surface area contributed by atoms with Crippen LogP contribution in [-0.4, -0.2) is 16.1 Å². The van der Waals surface area contributed by atoms with Gasteiger partial charge in [-0.3, -0.25) is 0 Å². The highest BCUT2D eigenvalue weighted by Crippen LogP contribution is 2.41. The third-order valence-electron chi connectivity index (χ3n) is 5.14. The van der Waals surface area contributed by atoms with Crippen LogP contribution >= 0.6 is 0 Å². The van der Waals surface area contributed by atoms with Crippen LogP contribution in [0.15, 0.2) is 18.2 Å². The number of imidazole rings is 1. The van der Waals surface area contributed by atoms with Crippen molar-refractivity contribution in [1.29, 1.82) is 0 Å². The number of para-hydroxylation sites is 1. The van der Waals surface area contributed by atoms with Crippen molar-refractivity contribution in [3.8, 4) is 0 Å². The predicted molar refractivity (Wildman–Crippen MR) is 83.7 cm³/mol. The van der Waals surface area contributed by atoms with Gasteiger partial charge in [0, 0.05) is 18.5 Å². The summed E-state index contributed by atoms with van der Waals surface area (Å²) in [6.07, 6.45) is 4.45. The number of fused-ring (bicyclic) bond motifs is 1. The number of benzene rings is 1. The number of aromatic nitrogens is 2. The number of halogens is 1. The highest BCUT2D eigenvalue weighted by atomic mass is 19.1. The third kappa shape index (κ3) is 2.26. The topological polar surface area (TPSA) is 43.8 Å². The first-order chi connectivity index (χ1) is 10.1. The van der Waals surface area contributed by atoms with E-state index in [-0.39, 0.29) is 11.2 Å². The molecule has 2 N–H and O–H groups in total. The second-order valence-electron chi connectivity index (χ2n) is 6.45. The SMILES string of the molecule is CCn1c(C2(CN)CCC(C)CC2)nc2c(F)cccc21. The lowest BCUT2D eigenvalue weighted by molar-refractivity contribution is 0.232. The number of hydrogen-bond acceptors (Lipinski definition) is 2. The normalized spacial score (nSPS) is 26.4. The van der Waals surface area contributed by atoms with Gasteiger partial charge in [-0.25, -0.2) is 9.37 Å². The molecule has 1 heterocycles. The van der Waals surface area contributed by atoms with Crippen molar-refractivity contribution in [1.82, 2.24) is 9.55 Å². The van der Waals surface area contributed by atoms with E-state index in [1.807, 2.05) is 6.07 Å². The molecule has 3 rings (SSSR count). The second-order valence-corrected chi connectivity index (χ2v) is 6.45. The summed E-state index contributed by atoms with van der Waals surface area (Å²) >= 11 is 0. The van der Waals surface area contributed by atoms with Crippen LogP contribution in [0.4, 0.5) is 4.39 Å². The van der Waals surface area contributed by atoms with Gasteiger partial charge in [0.05, 0.1) is 5.52 Å². The molecule has 0 unspecified atom stereocenters. The van der Waals surface area contributed by atoms with Crippen LogP contribution in [0, 0.1) is 11.7 Å². The van der Waals surface area contributed by atoms with Crippen molar-refractivity contribution < 1.29 is 4.39 Å². The molecule has 1 aromatic heterocycles. The van der Waals surface area contributed by atoms with Crippen molar-refractivity contribution in [2.45, 2.75) is 51.5 Å². The highest BCUT2D eigenvalue weighted by Gasteiger charge is 2.39. The van der Waals surface area contributed by atoms with Gasteiger partial charge in [-0.2, -0.15) is 0 Å². The van der Waals surface area contributed by atoms with Crippen LogP contribution < -0.4 is 5.73 Å². The molecule has 0 bridgehead atoms. The summed E-state index contributed by atoms with van der Waals surface area (Å²) in [4.78, 5) is 4.68. The van der Waals surface area contributed by atoms with Crippen LogP contribution in [0.2, 0.25) is 0 Å². The van der Waals surface area contributed by atoms with Crippen LogP contribution in [0.1, 0.15) is 45.4 Å². The zero-order chi connectivity index (χ0) is 15.0. The van der Waals surface area contributed by atoms with Gasteiger partial charge >= 0.3 is 0 Å². The molecule has 4 heteroatoms. The summed E-state index contributed by atoms with van der Waals surface area (Å²) in [7, 11) is 0. The zero-order valence-corrected chi connectivity index (χ0v) is 12.9. The molecular formula is C17H24FN3. The summed E-state index contributed by atoms with van der Waals surface area (Å²) < 4.78 is 16.2. The Bertz CT molecular complexity index is 639. The lowest BCUT2D eigenvalue weighted by Crippen LogP contribution is -2.41. The minimum absolute atomic E-state index is 0.0893. The molecule has 1 saturated carbocycles. The minimum atomic E-state index is -0.239. The molecule has 0 atom stereocenters. The molecule has 1 fully saturated rings. The molecule has 0 radical (unpaired) electrons. The molecule has 0 saturated heterocycles. The maximum absolute atomic E-state index is 14.1. The molecule has 0 spiro atoms. The van der Waals surface area contributed by atoms with E-state index in [2.05, 4.69) is 23.4 Å². The number of nitrogens with zero attached hydrogens (tertiary/aromatic N) is 2. The van der Waals surface area contributed by atoms with E-state index in [0.717, 1.165) is 36.6 Å². The molecule has 114 valence electrons. The van der Waals surface area contributed by atoms with E-state index in [1.165, 1.54) is 18.9 Å². The molecule has 1 aliphatic rings. The Morgan fingerprint density at radius 1 is 1.38 bits per heavy atom. The van der Waals surface area contributed by atoms with Crippen LogP contribution in [0.5, 0.6) is 0 Å². The average molecular weight is 289 g/mol. The van der Waals surface area contributed by atoms with Gasteiger partial charge in [-0.15, -0.1) is 0 Å². The molecule has 1 aliphatic carbocycles. The zero-order valence-electron chi connectivity index (χ0n) is 12.9. The van der Waals surface area contributed by atoms with Crippen LogP contribution in [0.25, 0.3) is 11.0 Å². The summed E-state index contributed by atoms with van der Waals surface area (Å²) in [5.74, 6) is 1.50. The lowest BCUT2D eigenvalue weighted by atomic mass is 9.70. The van der Waals surface area contributed by atoms with Gasteiger partial charge in [-0.1, -0.05) is 13.0 Å². The molecule has 3 nitrogen and oxygen atoms in total. The number of hydrogen-bond donors (Lipinski definition) is 1. The Labute approximate surface area is 125 Å². The minimum Gasteiger partial charge on any atom is -0.329 e. The van der Waals surface area contributed by atoms with Gasteiger partial charge in [0.1, 0.15) is 11.3 Å². The Balaban J connectivity index is 2.16. The van der Waals surface area contributed by atoms with Gasteiger partial charge in [-0.05, 0) is 50.7 Å². The van der Waals surface area contributed by atoms with E-state index in [9.17, 15) is 4.39 Å². The van der Waals surface area contributed by atoms with Crippen molar-refractivity contribution >= 4 is 11.0 Å². The highest BCUT2D eigenvalue weighted by molar-refractivity contribution is 5.77. The summed E-state index contributed by atoms with van der Waals surface area (Å²) in [6.45, 7) is 5.77. The fraction of sp³-hybridized carbons (Fsp3) is 0.588. The fourth-order valence-corrected chi connectivity index (χ4v) is 3.67. The molecule has 0 amide bonds. The van der Waals surface area contributed by atoms with Gasteiger partial charge in [0.25, 0.3) is 0 Å². The number of nitrogens with two attached hydrogens (primary N) is 1. The Kier molecular flexibility index (Phi) is 3.74. The standard InChI is InChI=1S/C17H24FN3/c1-3-21-14-6-4-5-13(18)15(14)20-16(21)17(11-19)9-7-12(2)8-10-17/h4-6,12H,3,7-11,19H2,1-2H3. The predicted octanol–water partition coefficient (Wildman–Crippen LogP) is 3.60. The van der Waals surface area contributed by atoms with E-state index in [0.29, 0.717) is 12.1 Å².